The van der Waals surface area contributed by atoms with Gasteiger partial charge in [-0.3, -0.25) is 0 Å². The fourth-order valence-electron chi connectivity index (χ4n) is 2.23. The molecule has 0 aliphatic carbocycles. The minimum Gasteiger partial charge on any atom is -0.744 e. The first-order valence-corrected chi connectivity index (χ1v) is 7.38. The van der Waals surface area contributed by atoms with Gasteiger partial charge in [0.2, 0.25) is 0 Å². The Bertz CT molecular complexity index is 693. The van der Waals surface area contributed by atoms with E-state index in [1.807, 2.05) is 31.2 Å². The Hall–Kier alpha value is -0.390. The fraction of sp³-hybridized carbons (Fsp3) is 0.286. The first kappa shape index (κ1) is 16.7. The number of aryl methyl sites for hydroxylation is 2. The second kappa shape index (κ2) is 6.37. The first-order valence-electron chi connectivity index (χ1n) is 5.97. The summed E-state index contributed by atoms with van der Waals surface area (Å²) < 4.78 is 33.8. The monoisotopic (exact) mass is 286 g/mol. The van der Waals surface area contributed by atoms with Crippen LogP contribution in [0.4, 0.5) is 0 Å². The predicted molar refractivity (Wildman–Crippen MR) is 70.7 cm³/mol. The van der Waals surface area contributed by atoms with Gasteiger partial charge in [-0.1, -0.05) is 32.0 Å². The minimum absolute atomic E-state index is 0. The van der Waals surface area contributed by atoms with Gasteiger partial charge in [0, 0.05) is 0 Å². The van der Waals surface area contributed by atoms with Crippen molar-refractivity contribution < 1.29 is 42.5 Å². The Labute approximate surface area is 136 Å². The van der Waals surface area contributed by atoms with Gasteiger partial charge in [-0.25, -0.2) is 8.42 Å². The van der Waals surface area contributed by atoms with E-state index in [2.05, 4.69) is 6.92 Å². The number of hydrogen-bond acceptors (Lipinski definition) is 3. The average Bonchev–Trinajstić information content (AvgIpc) is 2.35. The van der Waals surface area contributed by atoms with Crippen LogP contribution in [-0.2, 0) is 23.0 Å². The zero-order valence-electron chi connectivity index (χ0n) is 11.4. The molecule has 0 atom stereocenters. The molecule has 5 heteroatoms. The third kappa shape index (κ3) is 3.38. The van der Waals surface area contributed by atoms with Gasteiger partial charge in [0.15, 0.2) is 0 Å². The molecule has 2 aromatic carbocycles. The van der Waals surface area contributed by atoms with Crippen LogP contribution in [0.15, 0.2) is 35.2 Å². The van der Waals surface area contributed by atoms with Crippen LogP contribution in [0.2, 0.25) is 0 Å². The third-order valence-corrected chi connectivity index (χ3v) is 4.10. The number of fused-ring (bicyclic) bond motifs is 1. The SMILES string of the molecule is CCc1cc2c(CC)cccc2cc1S(=O)(=O)[O-].[Na+]. The van der Waals surface area contributed by atoms with Crippen LogP contribution < -0.4 is 29.6 Å². The molecule has 0 aliphatic rings. The molecule has 3 nitrogen and oxygen atoms in total. The summed E-state index contributed by atoms with van der Waals surface area (Å²) in [4.78, 5) is -0.0919. The largest absolute Gasteiger partial charge is 1.00 e. The van der Waals surface area contributed by atoms with E-state index >= 15 is 0 Å². The molecule has 96 valence electrons. The summed E-state index contributed by atoms with van der Waals surface area (Å²) in [5.41, 5.74) is 1.76. The Morgan fingerprint density at radius 1 is 1.05 bits per heavy atom. The van der Waals surface area contributed by atoms with Crippen molar-refractivity contribution in [1.29, 1.82) is 0 Å². The Morgan fingerprint density at radius 2 is 1.68 bits per heavy atom. The summed E-state index contributed by atoms with van der Waals surface area (Å²) in [6, 6.07) is 9.07. The van der Waals surface area contributed by atoms with E-state index in [-0.39, 0.29) is 34.5 Å². The maximum Gasteiger partial charge on any atom is 1.00 e. The van der Waals surface area contributed by atoms with E-state index < -0.39 is 10.1 Å². The zero-order chi connectivity index (χ0) is 13.3. The van der Waals surface area contributed by atoms with Gasteiger partial charge in [-0.05, 0) is 46.9 Å². The number of hydrogen-bond donors (Lipinski definition) is 0. The summed E-state index contributed by atoms with van der Waals surface area (Å²) in [6.45, 7) is 3.91. The molecule has 0 radical (unpaired) electrons. The maximum atomic E-state index is 11.3. The fourth-order valence-corrected chi connectivity index (χ4v) is 3.03. The Kier molecular flexibility index (Phi) is 5.59. The summed E-state index contributed by atoms with van der Waals surface area (Å²) in [6.07, 6.45) is 1.41. The summed E-state index contributed by atoms with van der Waals surface area (Å²) in [5.74, 6) is 0. The van der Waals surface area contributed by atoms with Gasteiger partial charge in [-0.2, -0.15) is 0 Å². The number of rotatable bonds is 3. The van der Waals surface area contributed by atoms with E-state index in [1.165, 1.54) is 6.07 Å². The van der Waals surface area contributed by atoms with Crippen molar-refractivity contribution in [2.45, 2.75) is 31.6 Å². The van der Waals surface area contributed by atoms with Crippen LogP contribution in [0, 0.1) is 0 Å². The Morgan fingerprint density at radius 3 is 2.21 bits per heavy atom. The molecular weight excluding hydrogens is 271 g/mol. The molecule has 0 amide bonds. The van der Waals surface area contributed by atoms with Crippen molar-refractivity contribution in [3.63, 3.8) is 0 Å². The predicted octanol–water partition coefficient (Wildman–Crippen LogP) is -0.127. The molecule has 0 heterocycles. The van der Waals surface area contributed by atoms with Crippen LogP contribution in [0.25, 0.3) is 10.8 Å². The summed E-state index contributed by atoms with van der Waals surface area (Å²) >= 11 is 0. The van der Waals surface area contributed by atoms with Crippen molar-refractivity contribution in [2.24, 2.45) is 0 Å². The average molecular weight is 286 g/mol. The van der Waals surface area contributed by atoms with Crippen molar-refractivity contribution >= 4 is 20.9 Å². The van der Waals surface area contributed by atoms with Crippen LogP contribution >= 0.6 is 0 Å². The third-order valence-electron chi connectivity index (χ3n) is 3.18. The first-order chi connectivity index (χ1) is 8.47. The molecule has 0 N–H and O–H groups in total. The van der Waals surface area contributed by atoms with Crippen LogP contribution in [0.1, 0.15) is 25.0 Å². The minimum atomic E-state index is -4.41. The van der Waals surface area contributed by atoms with Crippen LogP contribution in [0.5, 0.6) is 0 Å². The standard InChI is InChI=1S/C14H16O3S.Na/c1-3-10-6-5-7-12-9-14(18(15,16)17)11(4-2)8-13(10)12;/h5-9H,3-4H2,1-2H3,(H,15,16,17);/q;+1/p-1. The normalized spacial score (nSPS) is 11.3. The molecule has 0 fully saturated rings. The summed E-state index contributed by atoms with van der Waals surface area (Å²) in [5, 5.41) is 1.84. The second-order valence-corrected chi connectivity index (χ2v) is 5.61. The zero-order valence-corrected chi connectivity index (χ0v) is 14.3. The van der Waals surface area contributed by atoms with Gasteiger partial charge >= 0.3 is 29.6 Å². The molecule has 2 rings (SSSR count). The van der Waals surface area contributed by atoms with E-state index in [0.717, 1.165) is 22.8 Å². The smallest absolute Gasteiger partial charge is 0.744 e. The van der Waals surface area contributed by atoms with Gasteiger partial charge in [0.05, 0.1) is 4.90 Å². The topological polar surface area (TPSA) is 57.2 Å². The molecule has 0 unspecified atom stereocenters. The molecule has 0 saturated heterocycles. The molecule has 19 heavy (non-hydrogen) atoms. The van der Waals surface area contributed by atoms with E-state index in [4.69, 9.17) is 0 Å². The second-order valence-electron chi connectivity index (χ2n) is 4.26. The van der Waals surface area contributed by atoms with Crippen molar-refractivity contribution in [3.05, 3.63) is 41.5 Å². The molecule has 2 aromatic rings. The van der Waals surface area contributed by atoms with Crippen molar-refractivity contribution in [1.82, 2.24) is 0 Å². The quantitative estimate of drug-likeness (QED) is 0.583. The Balaban J connectivity index is 0.00000180. The molecule has 0 saturated carbocycles. The van der Waals surface area contributed by atoms with Gasteiger partial charge < -0.3 is 4.55 Å². The molecule has 0 aromatic heterocycles. The van der Waals surface area contributed by atoms with E-state index in [9.17, 15) is 13.0 Å². The van der Waals surface area contributed by atoms with E-state index in [1.54, 1.807) is 0 Å². The maximum absolute atomic E-state index is 11.3. The van der Waals surface area contributed by atoms with Gasteiger partial charge in [-0.15, -0.1) is 0 Å². The summed E-state index contributed by atoms with van der Waals surface area (Å²) in [7, 11) is -4.41. The van der Waals surface area contributed by atoms with Gasteiger partial charge in [0.1, 0.15) is 10.1 Å². The van der Waals surface area contributed by atoms with Crippen molar-refractivity contribution in [3.8, 4) is 0 Å². The van der Waals surface area contributed by atoms with E-state index in [0.29, 0.717) is 12.0 Å². The van der Waals surface area contributed by atoms with Crippen LogP contribution in [0.3, 0.4) is 0 Å². The van der Waals surface area contributed by atoms with Crippen LogP contribution in [-0.4, -0.2) is 13.0 Å². The molecular formula is C14H15NaO3S. The molecule has 0 bridgehead atoms. The molecule has 0 aliphatic heterocycles. The molecule has 0 spiro atoms. The number of benzene rings is 2. The van der Waals surface area contributed by atoms with Gasteiger partial charge in [0.25, 0.3) is 0 Å². The van der Waals surface area contributed by atoms with Crippen molar-refractivity contribution in [2.75, 3.05) is 0 Å².